The summed E-state index contributed by atoms with van der Waals surface area (Å²) in [5.41, 5.74) is -1.45. The number of alkyl halides is 4. The molecule has 0 radical (unpaired) electrons. The molecule has 2 N–H and O–H groups in total. The predicted molar refractivity (Wildman–Crippen MR) is 189 cm³/mol. The number of nitrogens with zero attached hydrogens (tertiary/aromatic N) is 4. The summed E-state index contributed by atoms with van der Waals surface area (Å²) >= 11 is 0. The van der Waals surface area contributed by atoms with Gasteiger partial charge in [-0.25, -0.2) is 28.5 Å². The minimum atomic E-state index is -3.53. The van der Waals surface area contributed by atoms with E-state index in [-0.39, 0.29) is 48.6 Å². The highest BCUT2D eigenvalue weighted by Crippen LogP contribution is 2.58. The first-order valence-corrected chi connectivity index (χ1v) is 19.6. The van der Waals surface area contributed by atoms with Crippen molar-refractivity contribution in [1.82, 2.24) is 24.8 Å². The van der Waals surface area contributed by atoms with Crippen molar-refractivity contribution < 1.29 is 37.0 Å². The number of aliphatic carboxylic acids is 1. The molecule has 0 saturated heterocycles. The van der Waals surface area contributed by atoms with Crippen LogP contribution in [0.4, 0.5) is 17.6 Å². The Kier molecular flexibility index (Phi) is 9.03. The van der Waals surface area contributed by atoms with Crippen LogP contribution in [0.1, 0.15) is 126 Å². The van der Waals surface area contributed by atoms with E-state index in [1.807, 2.05) is 12.3 Å². The lowest BCUT2D eigenvalue weighted by atomic mass is 9.48. The van der Waals surface area contributed by atoms with Gasteiger partial charge in [0.2, 0.25) is 11.8 Å². The lowest BCUT2D eigenvalue weighted by Gasteiger charge is -2.59. The number of ether oxygens (including phenoxy) is 1. The molecule has 3 aromatic rings. The smallest absolute Gasteiger partial charge is 0.330 e. The van der Waals surface area contributed by atoms with Gasteiger partial charge in [-0.1, -0.05) is 13.8 Å². The minimum absolute atomic E-state index is 0.00529. The van der Waals surface area contributed by atoms with Crippen LogP contribution < -0.4 is 10.1 Å². The number of hydrogen-bond donors (Lipinski definition) is 2. The van der Waals surface area contributed by atoms with Gasteiger partial charge in [-0.05, 0) is 106 Å². The minimum Gasteiger partial charge on any atom is -0.479 e. The van der Waals surface area contributed by atoms with Gasteiger partial charge in [0.15, 0.2) is 5.82 Å². The van der Waals surface area contributed by atoms with Crippen molar-refractivity contribution in [2.24, 2.45) is 35.5 Å². The van der Waals surface area contributed by atoms with Crippen LogP contribution in [0.5, 0.6) is 5.88 Å². The van der Waals surface area contributed by atoms with Crippen LogP contribution in [-0.2, 0) is 10.7 Å². The maximum absolute atomic E-state index is 15.4. The highest BCUT2D eigenvalue weighted by Gasteiger charge is 2.62. The molecule has 3 aromatic heterocycles. The second-order valence-electron chi connectivity index (χ2n) is 16.9. The van der Waals surface area contributed by atoms with Crippen molar-refractivity contribution in [3.8, 4) is 17.3 Å². The van der Waals surface area contributed by atoms with E-state index in [1.165, 1.54) is 0 Å². The van der Waals surface area contributed by atoms with Crippen molar-refractivity contribution in [2.45, 2.75) is 134 Å². The van der Waals surface area contributed by atoms with E-state index < -0.39 is 40.5 Å². The first-order chi connectivity index (χ1) is 25.2. The van der Waals surface area contributed by atoms with Crippen molar-refractivity contribution in [3.63, 3.8) is 0 Å². The van der Waals surface area contributed by atoms with Crippen LogP contribution in [0.15, 0.2) is 24.7 Å². The van der Waals surface area contributed by atoms with Crippen molar-refractivity contribution in [1.29, 1.82) is 0 Å². The number of carbonyl (C=O) groups is 2. The number of aromatic nitrogens is 4. The maximum atomic E-state index is 15.4. The molecule has 4 bridgehead atoms. The van der Waals surface area contributed by atoms with Gasteiger partial charge < -0.3 is 19.7 Å². The van der Waals surface area contributed by atoms with Gasteiger partial charge in [0.1, 0.15) is 17.3 Å². The van der Waals surface area contributed by atoms with E-state index in [2.05, 4.69) is 38.7 Å². The maximum Gasteiger partial charge on any atom is 0.330 e. The van der Waals surface area contributed by atoms with Crippen molar-refractivity contribution in [3.05, 3.63) is 35.9 Å². The number of carboxylic acids is 1. The molecule has 6 saturated carbocycles. The van der Waals surface area contributed by atoms with Crippen LogP contribution in [0.3, 0.4) is 0 Å². The average Bonchev–Trinajstić information content (AvgIpc) is 3.47. The average molecular weight is 740 g/mol. The van der Waals surface area contributed by atoms with E-state index in [1.54, 1.807) is 6.20 Å². The third kappa shape index (κ3) is 6.37. The summed E-state index contributed by atoms with van der Waals surface area (Å²) in [6, 6.07) is 1.92. The first kappa shape index (κ1) is 36.2. The molecular weight excluding hydrogens is 690 g/mol. The molecule has 3 heterocycles. The van der Waals surface area contributed by atoms with Gasteiger partial charge in [-0.2, -0.15) is 8.78 Å². The molecule has 9 rings (SSSR count). The summed E-state index contributed by atoms with van der Waals surface area (Å²) in [6.07, 6.45) is 13.2. The molecule has 6 aliphatic rings. The van der Waals surface area contributed by atoms with Crippen LogP contribution in [0, 0.1) is 35.5 Å². The fourth-order valence-corrected chi connectivity index (χ4v) is 11.0. The molecule has 6 aliphatic carbocycles. The Morgan fingerprint density at radius 2 is 1.62 bits per heavy atom. The Hall–Kier alpha value is -3.77. The lowest BCUT2D eigenvalue weighted by molar-refractivity contribution is -0.163. The van der Waals surface area contributed by atoms with Crippen LogP contribution in [0.25, 0.3) is 22.3 Å². The van der Waals surface area contributed by atoms with E-state index in [0.29, 0.717) is 67.2 Å². The predicted octanol–water partition coefficient (Wildman–Crippen LogP) is 8.96. The van der Waals surface area contributed by atoms with Gasteiger partial charge in [-0.15, -0.1) is 0 Å². The highest BCUT2D eigenvalue weighted by molar-refractivity contribution is 6.00. The van der Waals surface area contributed by atoms with Crippen molar-refractivity contribution >= 4 is 22.8 Å². The van der Waals surface area contributed by atoms with Gasteiger partial charge in [0, 0.05) is 61.4 Å². The topological polar surface area (TPSA) is 119 Å². The molecule has 13 heteroatoms. The molecule has 0 unspecified atom stereocenters. The Balaban J connectivity index is 1.08. The first-order valence-electron chi connectivity index (χ1n) is 19.6. The third-order valence-electron chi connectivity index (χ3n) is 13.6. The third-order valence-corrected chi connectivity index (χ3v) is 13.6. The van der Waals surface area contributed by atoms with E-state index >= 15 is 8.78 Å². The number of carbonyl (C=O) groups excluding carboxylic acids is 1. The molecule has 9 nitrogen and oxygen atoms in total. The van der Waals surface area contributed by atoms with E-state index in [9.17, 15) is 23.5 Å². The molecule has 1 amide bonds. The van der Waals surface area contributed by atoms with Crippen LogP contribution >= 0.6 is 0 Å². The zero-order chi connectivity index (χ0) is 37.4. The summed E-state index contributed by atoms with van der Waals surface area (Å²) in [5.74, 6) is -6.85. The summed E-state index contributed by atoms with van der Waals surface area (Å²) in [7, 11) is 0. The fraction of sp³-hybridized carbons (Fsp3) is 0.675. The summed E-state index contributed by atoms with van der Waals surface area (Å²) < 4.78 is 66.1. The second-order valence-corrected chi connectivity index (χ2v) is 16.9. The quantitative estimate of drug-likeness (QED) is 0.189. The molecule has 0 aliphatic heterocycles. The van der Waals surface area contributed by atoms with Crippen molar-refractivity contribution in [2.75, 3.05) is 0 Å². The monoisotopic (exact) mass is 739 g/mol. The van der Waals surface area contributed by atoms with Gasteiger partial charge in [0.05, 0.1) is 11.1 Å². The van der Waals surface area contributed by atoms with Crippen LogP contribution in [0.2, 0.25) is 0 Å². The highest BCUT2D eigenvalue weighted by atomic mass is 19.3. The summed E-state index contributed by atoms with van der Waals surface area (Å²) in [5, 5.41) is 13.9. The number of hydrogen-bond acceptors (Lipinski definition) is 6. The van der Waals surface area contributed by atoms with E-state index in [0.717, 1.165) is 56.7 Å². The molecule has 0 atom stereocenters. The number of fused-ring (bicyclic) bond motifs is 1. The Morgan fingerprint density at radius 3 is 2.19 bits per heavy atom. The number of nitrogens with one attached hydrogen (secondary N) is 1. The molecular formula is C40H49F4N5O4. The molecule has 0 aromatic carbocycles. The SMILES string of the molecule is CCC(CC)n1cc(-c2ncc(C(=O)NC3(C(=O)O)C4CC5CC(C4)CC3C5)c(C(C)(F)F)n2)c2cnc(OC3CCC(C4CC(F)(F)C4)CC3)cc21. The molecule has 0 spiro atoms. The van der Waals surface area contributed by atoms with Gasteiger partial charge >= 0.3 is 5.97 Å². The number of halogens is 4. The van der Waals surface area contributed by atoms with E-state index in [4.69, 9.17) is 4.74 Å². The second kappa shape index (κ2) is 13.2. The van der Waals surface area contributed by atoms with Gasteiger partial charge in [-0.3, -0.25) is 4.79 Å². The fourth-order valence-electron chi connectivity index (χ4n) is 11.0. The number of carboxylic acid groups (broad SMARTS) is 1. The molecule has 286 valence electrons. The van der Waals surface area contributed by atoms with Crippen LogP contribution in [-0.4, -0.2) is 54.1 Å². The largest absolute Gasteiger partial charge is 0.479 e. The Bertz CT molecular complexity index is 1860. The normalized spacial score (nSPS) is 30.8. The number of rotatable bonds is 11. The number of pyridine rings is 1. The Labute approximate surface area is 306 Å². The molecule has 6 fully saturated rings. The summed E-state index contributed by atoms with van der Waals surface area (Å²) in [4.78, 5) is 40.2. The van der Waals surface area contributed by atoms with Gasteiger partial charge in [0.25, 0.3) is 11.8 Å². The summed E-state index contributed by atoms with van der Waals surface area (Å²) in [6.45, 7) is 4.82. The zero-order valence-corrected chi connectivity index (χ0v) is 30.6. The molecule has 53 heavy (non-hydrogen) atoms. The standard InChI is InChI=1S/C40H49F4N5O4/c1-4-27(5-2)49-20-31(29-18-45-33(15-32(29)49)53-28-8-6-23(7-9-28)24-16-39(43,44)17-24)35-46-19-30(34(47-35)38(3,41)42)36(50)48-40(37(51)52)25-11-21-10-22(13-25)14-26(40)12-21/h15,18-28H,4-14,16-17H2,1-3H3,(H,48,50)(H,51,52). The number of amides is 1. The lowest BCUT2D eigenvalue weighted by Crippen LogP contribution is -2.70. The Morgan fingerprint density at radius 1 is 0.981 bits per heavy atom. The zero-order valence-electron chi connectivity index (χ0n) is 30.6.